The van der Waals surface area contributed by atoms with Gasteiger partial charge in [-0.2, -0.15) is 0 Å². The Morgan fingerprint density at radius 1 is 1.47 bits per heavy atom. The lowest BCUT2D eigenvalue weighted by Crippen LogP contribution is -2.47. The molecule has 0 aromatic rings. The van der Waals surface area contributed by atoms with Crippen LogP contribution < -0.4 is 0 Å². The molecule has 0 N–H and O–H groups in total. The molecule has 0 saturated carbocycles. The summed E-state index contributed by atoms with van der Waals surface area (Å²) in [6, 6.07) is 0.0670. The minimum Gasteiger partial charge on any atom is -0.497 e. The van der Waals surface area contributed by atoms with Crippen molar-refractivity contribution in [2.45, 2.75) is 52.5 Å². The number of piperidine rings is 1. The molecule has 3 nitrogen and oxygen atoms in total. The summed E-state index contributed by atoms with van der Waals surface area (Å²) in [6.07, 6.45) is 3.69. The fraction of sp³-hybridized carbons (Fsp3) is 0.733. The number of carbonyl (C=O) groups is 1. The first kappa shape index (κ1) is 16.2. The van der Waals surface area contributed by atoms with Gasteiger partial charge in [-0.3, -0.25) is 4.79 Å². The highest BCUT2D eigenvalue weighted by molar-refractivity contribution is 7.82. The molecule has 1 rings (SSSR count). The topological polar surface area (TPSA) is 29.5 Å². The molecule has 108 valence electrons. The Morgan fingerprint density at radius 3 is 2.74 bits per heavy atom. The van der Waals surface area contributed by atoms with E-state index >= 15 is 0 Å². The second kappa shape index (κ2) is 7.63. The van der Waals surface area contributed by atoms with E-state index in [-0.39, 0.29) is 11.8 Å². The summed E-state index contributed by atoms with van der Waals surface area (Å²) in [5, 5.41) is 0. The number of hydrogen-bond acceptors (Lipinski definition) is 3. The fourth-order valence-corrected chi connectivity index (χ4v) is 2.71. The molecular formula is C15H25NO2S. The van der Waals surface area contributed by atoms with E-state index < -0.39 is 0 Å². The van der Waals surface area contributed by atoms with Crippen molar-refractivity contribution in [3.8, 4) is 0 Å². The van der Waals surface area contributed by atoms with Gasteiger partial charge in [-0.25, -0.2) is 0 Å². The van der Waals surface area contributed by atoms with Gasteiger partial charge >= 0.3 is 0 Å². The minimum absolute atomic E-state index is 0.0670. The highest BCUT2D eigenvalue weighted by atomic mass is 32.1. The van der Waals surface area contributed by atoms with Crippen molar-refractivity contribution in [2.75, 3.05) is 13.2 Å². The van der Waals surface area contributed by atoms with Gasteiger partial charge in [0, 0.05) is 13.0 Å². The molecule has 1 saturated heterocycles. The summed E-state index contributed by atoms with van der Waals surface area (Å²) >= 11 is 5.38. The monoisotopic (exact) mass is 283 g/mol. The largest absolute Gasteiger partial charge is 0.497 e. The van der Waals surface area contributed by atoms with Crippen molar-refractivity contribution in [1.82, 2.24) is 4.90 Å². The van der Waals surface area contributed by atoms with E-state index in [9.17, 15) is 4.79 Å². The molecule has 0 bridgehead atoms. The van der Waals surface area contributed by atoms with Gasteiger partial charge in [-0.1, -0.05) is 32.6 Å². The molecule has 0 aliphatic carbocycles. The zero-order valence-corrected chi connectivity index (χ0v) is 13.1. The van der Waals surface area contributed by atoms with Crippen molar-refractivity contribution >= 4 is 23.0 Å². The Hall–Kier alpha value is -0.900. The average molecular weight is 283 g/mol. The first-order valence-corrected chi connectivity index (χ1v) is 7.53. The van der Waals surface area contributed by atoms with Crippen molar-refractivity contribution in [3.05, 3.63) is 12.3 Å². The second-order valence-electron chi connectivity index (χ2n) is 5.43. The Morgan fingerprint density at radius 2 is 2.16 bits per heavy atom. The first-order valence-electron chi connectivity index (χ1n) is 7.12. The number of thiocarbonyl (C=S) groups is 1. The van der Waals surface area contributed by atoms with Crippen LogP contribution in [0.2, 0.25) is 0 Å². The number of hydrogen-bond donors (Lipinski definition) is 0. The predicted octanol–water partition coefficient (Wildman–Crippen LogP) is 3.33. The first-order chi connectivity index (χ1) is 8.97. The molecule has 1 aliphatic rings. The van der Waals surface area contributed by atoms with Crippen LogP contribution in [-0.4, -0.2) is 34.9 Å². The van der Waals surface area contributed by atoms with E-state index in [1.54, 1.807) is 0 Å². The second-order valence-corrected chi connectivity index (χ2v) is 5.82. The van der Waals surface area contributed by atoms with Gasteiger partial charge in [0.25, 0.3) is 0 Å². The van der Waals surface area contributed by atoms with Gasteiger partial charge in [0.1, 0.15) is 10.7 Å². The lowest BCUT2D eigenvalue weighted by molar-refractivity contribution is -0.114. The molecule has 0 aromatic heterocycles. The third-order valence-electron chi connectivity index (χ3n) is 3.30. The minimum atomic E-state index is 0.0670. The molecule has 1 fully saturated rings. The molecule has 19 heavy (non-hydrogen) atoms. The number of rotatable bonds is 6. The SMILES string of the molecule is C=C(OCC)C1CCCCN1C(=S)C(=O)CC(C)C. The number of Topliss-reactive ketones (excluding diaryl/α,β-unsaturated/α-hetero) is 1. The summed E-state index contributed by atoms with van der Waals surface area (Å²) in [4.78, 5) is 14.6. The van der Waals surface area contributed by atoms with Crippen LogP contribution in [-0.2, 0) is 9.53 Å². The number of likely N-dealkylation sites (tertiary alicyclic amines) is 1. The van der Waals surface area contributed by atoms with E-state index in [4.69, 9.17) is 17.0 Å². The van der Waals surface area contributed by atoms with E-state index in [1.807, 2.05) is 25.7 Å². The highest BCUT2D eigenvalue weighted by Crippen LogP contribution is 2.24. The predicted molar refractivity (Wildman–Crippen MR) is 82.2 cm³/mol. The third kappa shape index (κ3) is 4.60. The maximum atomic E-state index is 12.1. The molecule has 1 aliphatic heterocycles. The normalized spacial score (nSPS) is 19.4. The molecule has 4 heteroatoms. The standard InChI is InChI=1S/C15H25NO2S/c1-5-18-12(4)13-8-6-7-9-16(13)15(19)14(17)10-11(2)3/h11,13H,4-10H2,1-3H3. The van der Waals surface area contributed by atoms with Crippen LogP contribution in [0.3, 0.4) is 0 Å². The summed E-state index contributed by atoms with van der Waals surface area (Å²) in [5.74, 6) is 1.15. The molecule has 1 atom stereocenters. The summed E-state index contributed by atoms with van der Waals surface area (Å²) in [5.41, 5.74) is 0. The van der Waals surface area contributed by atoms with Crippen LogP contribution in [0.5, 0.6) is 0 Å². The lowest BCUT2D eigenvalue weighted by Gasteiger charge is -2.37. The van der Waals surface area contributed by atoms with Crippen LogP contribution >= 0.6 is 12.2 Å². The molecule has 0 radical (unpaired) electrons. The van der Waals surface area contributed by atoms with Gasteiger partial charge < -0.3 is 9.64 Å². The smallest absolute Gasteiger partial charge is 0.190 e. The van der Waals surface area contributed by atoms with Crippen LogP contribution in [0, 0.1) is 5.92 Å². The van der Waals surface area contributed by atoms with Crippen LogP contribution in [0.15, 0.2) is 12.3 Å². The van der Waals surface area contributed by atoms with Gasteiger partial charge in [0.05, 0.1) is 12.6 Å². The summed E-state index contributed by atoms with van der Waals surface area (Å²) in [6.45, 7) is 11.4. The van der Waals surface area contributed by atoms with Crippen molar-refractivity contribution in [1.29, 1.82) is 0 Å². The molecule has 1 unspecified atom stereocenters. The average Bonchev–Trinajstić information content (AvgIpc) is 2.37. The third-order valence-corrected chi connectivity index (χ3v) is 3.76. The van der Waals surface area contributed by atoms with Crippen LogP contribution in [0.25, 0.3) is 0 Å². The van der Waals surface area contributed by atoms with E-state index in [2.05, 4.69) is 6.58 Å². The number of ether oxygens (including phenoxy) is 1. The van der Waals surface area contributed by atoms with E-state index in [1.165, 1.54) is 0 Å². The van der Waals surface area contributed by atoms with E-state index in [0.717, 1.165) is 31.6 Å². The molecular weight excluding hydrogens is 258 g/mol. The summed E-state index contributed by atoms with van der Waals surface area (Å²) in [7, 11) is 0. The Bertz CT molecular complexity index is 352. The zero-order chi connectivity index (χ0) is 14.4. The number of ketones is 1. The van der Waals surface area contributed by atoms with Crippen molar-refractivity contribution in [3.63, 3.8) is 0 Å². The molecule has 0 spiro atoms. The van der Waals surface area contributed by atoms with Crippen molar-refractivity contribution < 1.29 is 9.53 Å². The van der Waals surface area contributed by atoms with Crippen LogP contribution in [0.1, 0.15) is 46.5 Å². The van der Waals surface area contributed by atoms with Crippen LogP contribution in [0.4, 0.5) is 0 Å². The Labute approximate surface area is 122 Å². The Kier molecular flexibility index (Phi) is 6.49. The summed E-state index contributed by atoms with van der Waals surface area (Å²) < 4.78 is 5.52. The van der Waals surface area contributed by atoms with Gasteiger partial charge in [-0.05, 0) is 32.1 Å². The zero-order valence-electron chi connectivity index (χ0n) is 12.3. The quantitative estimate of drug-likeness (QED) is 0.552. The maximum absolute atomic E-state index is 12.1. The lowest BCUT2D eigenvalue weighted by atomic mass is 9.99. The number of carbonyl (C=O) groups excluding carboxylic acids is 1. The molecule has 0 amide bonds. The fourth-order valence-electron chi connectivity index (χ4n) is 2.41. The van der Waals surface area contributed by atoms with Gasteiger partial charge in [-0.15, -0.1) is 0 Å². The van der Waals surface area contributed by atoms with Gasteiger partial charge in [0.15, 0.2) is 5.78 Å². The van der Waals surface area contributed by atoms with Gasteiger partial charge in [0.2, 0.25) is 0 Å². The molecule has 0 aromatic carbocycles. The Balaban J connectivity index is 2.73. The highest BCUT2D eigenvalue weighted by Gasteiger charge is 2.30. The van der Waals surface area contributed by atoms with Crippen molar-refractivity contribution in [2.24, 2.45) is 5.92 Å². The van der Waals surface area contributed by atoms with E-state index in [0.29, 0.717) is 23.9 Å². The maximum Gasteiger partial charge on any atom is 0.190 e. The number of nitrogens with zero attached hydrogens (tertiary/aromatic N) is 1. The molecule has 1 heterocycles.